The van der Waals surface area contributed by atoms with E-state index in [-0.39, 0.29) is 6.61 Å². The Morgan fingerprint density at radius 3 is 2.90 bits per heavy atom. The summed E-state index contributed by atoms with van der Waals surface area (Å²) in [4.78, 5) is 16.2. The van der Waals surface area contributed by atoms with Gasteiger partial charge in [0.25, 0.3) is 0 Å². The van der Waals surface area contributed by atoms with Crippen LogP contribution in [-0.2, 0) is 17.9 Å². The van der Waals surface area contributed by atoms with Crippen LogP contribution in [0.15, 0.2) is 24.5 Å². The van der Waals surface area contributed by atoms with Crippen LogP contribution in [0.5, 0.6) is 0 Å². The predicted octanol–water partition coefficient (Wildman–Crippen LogP) is 2.18. The molecule has 21 heavy (non-hydrogen) atoms. The number of carbonyl (C=O) groups is 1. The SMILES string of the molecule is Cc1cccc(C(=O)OCc2ncnn2CC(C)C)c1N. The van der Waals surface area contributed by atoms with Gasteiger partial charge >= 0.3 is 5.97 Å². The summed E-state index contributed by atoms with van der Waals surface area (Å²) in [5, 5.41) is 4.13. The maximum Gasteiger partial charge on any atom is 0.340 e. The van der Waals surface area contributed by atoms with Crippen LogP contribution in [-0.4, -0.2) is 20.7 Å². The van der Waals surface area contributed by atoms with E-state index in [1.54, 1.807) is 16.8 Å². The molecule has 0 spiro atoms. The smallest absolute Gasteiger partial charge is 0.340 e. The third kappa shape index (κ3) is 3.59. The summed E-state index contributed by atoms with van der Waals surface area (Å²) in [6.07, 6.45) is 1.46. The molecule has 0 fully saturated rings. The molecule has 6 nitrogen and oxygen atoms in total. The number of anilines is 1. The molecule has 0 aliphatic rings. The largest absolute Gasteiger partial charge is 0.454 e. The fourth-order valence-corrected chi connectivity index (χ4v) is 1.96. The Morgan fingerprint density at radius 2 is 2.19 bits per heavy atom. The van der Waals surface area contributed by atoms with Crippen molar-refractivity contribution in [2.75, 3.05) is 5.73 Å². The van der Waals surface area contributed by atoms with Crippen LogP contribution in [0.25, 0.3) is 0 Å². The molecule has 6 heteroatoms. The lowest BCUT2D eigenvalue weighted by molar-refractivity contribution is 0.0457. The molecular weight excluding hydrogens is 268 g/mol. The standard InChI is InChI=1S/C15H20N4O2/c1-10(2)7-19-13(17-9-18-19)8-21-15(20)12-6-4-5-11(3)14(12)16/h4-6,9-10H,7-8,16H2,1-3H3. The highest BCUT2D eigenvalue weighted by Gasteiger charge is 2.14. The number of esters is 1. The van der Waals surface area contributed by atoms with Gasteiger partial charge in [-0.3, -0.25) is 0 Å². The van der Waals surface area contributed by atoms with Crippen molar-refractivity contribution in [2.24, 2.45) is 5.92 Å². The highest BCUT2D eigenvalue weighted by molar-refractivity contribution is 5.95. The summed E-state index contributed by atoms with van der Waals surface area (Å²) in [6, 6.07) is 5.29. The van der Waals surface area contributed by atoms with Gasteiger partial charge in [-0.2, -0.15) is 5.10 Å². The number of aryl methyl sites for hydroxylation is 1. The van der Waals surface area contributed by atoms with Crippen molar-refractivity contribution < 1.29 is 9.53 Å². The average Bonchev–Trinajstić information content (AvgIpc) is 2.85. The quantitative estimate of drug-likeness (QED) is 0.673. The minimum absolute atomic E-state index is 0.0823. The van der Waals surface area contributed by atoms with Crippen molar-refractivity contribution in [2.45, 2.75) is 33.9 Å². The number of para-hydroxylation sites is 1. The van der Waals surface area contributed by atoms with Gasteiger partial charge < -0.3 is 10.5 Å². The Labute approximate surface area is 123 Å². The van der Waals surface area contributed by atoms with E-state index in [9.17, 15) is 4.79 Å². The number of nitrogen functional groups attached to an aromatic ring is 1. The first kappa shape index (κ1) is 15.0. The molecule has 0 aliphatic heterocycles. The average molecular weight is 288 g/mol. The van der Waals surface area contributed by atoms with Crippen molar-refractivity contribution in [3.05, 3.63) is 41.5 Å². The van der Waals surface area contributed by atoms with E-state index in [2.05, 4.69) is 23.9 Å². The first-order chi connectivity index (χ1) is 9.99. The van der Waals surface area contributed by atoms with Crippen LogP contribution in [0.3, 0.4) is 0 Å². The molecule has 0 aliphatic carbocycles. The topological polar surface area (TPSA) is 83.0 Å². The molecule has 1 aromatic carbocycles. The zero-order valence-corrected chi connectivity index (χ0v) is 12.5. The number of rotatable bonds is 5. The summed E-state index contributed by atoms with van der Waals surface area (Å²) < 4.78 is 7.04. The number of benzene rings is 1. The maximum atomic E-state index is 12.1. The minimum atomic E-state index is -0.449. The summed E-state index contributed by atoms with van der Waals surface area (Å²) in [6.45, 7) is 6.85. The van der Waals surface area contributed by atoms with Crippen LogP contribution < -0.4 is 5.73 Å². The second-order valence-corrected chi connectivity index (χ2v) is 5.36. The van der Waals surface area contributed by atoms with Crippen LogP contribution in [0.2, 0.25) is 0 Å². The van der Waals surface area contributed by atoms with Crippen molar-refractivity contribution in [1.29, 1.82) is 0 Å². The van der Waals surface area contributed by atoms with Gasteiger partial charge in [-0.15, -0.1) is 0 Å². The van der Waals surface area contributed by atoms with Gasteiger partial charge in [0.1, 0.15) is 6.33 Å². The second-order valence-electron chi connectivity index (χ2n) is 5.36. The number of hydrogen-bond donors (Lipinski definition) is 1. The molecular formula is C15H20N4O2. The minimum Gasteiger partial charge on any atom is -0.454 e. The summed E-state index contributed by atoms with van der Waals surface area (Å²) in [5.41, 5.74) is 7.58. The molecule has 2 N–H and O–H groups in total. The van der Waals surface area contributed by atoms with Gasteiger partial charge in [0.15, 0.2) is 12.4 Å². The first-order valence-corrected chi connectivity index (χ1v) is 6.88. The van der Waals surface area contributed by atoms with Gasteiger partial charge in [0.2, 0.25) is 0 Å². The van der Waals surface area contributed by atoms with Crippen LogP contribution in [0, 0.1) is 12.8 Å². The fourth-order valence-electron chi connectivity index (χ4n) is 1.96. The third-order valence-electron chi connectivity index (χ3n) is 3.11. The fraction of sp³-hybridized carbons (Fsp3) is 0.400. The van der Waals surface area contributed by atoms with E-state index < -0.39 is 5.97 Å². The zero-order valence-electron chi connectivity index (χ0n) is 12.5. The van der Waals surface area contributed by atoms with Gasteiger partial charge in [-0.05, 0) is 24.5 Å². The highest BCUT2D eigenvalue weighted by atomic mass is 16.5. The lowest BCUT2D eigenvalue weighted by Crippen LogP contribution is -2.14. The van der Waals surface area contributed by atoms with Crippen molar-refractivity contribution in [3.63, 3.8) is 0 Å². The summed E-state index contributed by atoms with van der Waals surface area (Å²) in [5.74, 6) is 0.618. The Bertz CT molecular complexity index is 634. The molecule has 0 amide bonds. The van der Waals surface area contributed by atoms with Crippen LogP contribution in [0.1, 0.15) is 35.6 Å². The molecule has 0 bridgehead atoms. The van der Waals surface area contributed by atoms with E-state index >= 15 is 0 Å². The monoisotopic (exact) mass is 288 g/mol. The maximum absolute atomic E-state index is 12.1. The van der Waals surface area contributed by atoms with Crippen molar-refractivity contribution in [1.82, 2.24) is 14.8 Å². The Hall–Kier alpha value is -2.37. The van der Waals surface area contributed by atoms with Gasteiger partial charge in [0, 0.05) is 12.2 Å². The van der Waals surface area contributed by atoms with E-state index in [0.29, 0.717) is 23.0 Å². The van der Waals surface area contributed by atoms with E-state index in [1.165, 1.54) is 6.33 Å². The van der Waals surface area contributed by atoms with Crippen LogP contribution in [0.4, 0.5) is 5.69 Å². The molecule has 0 saturated carbocycles. The molecule has 2 aromatic rings. The number of aromatic nitrogens is 3. The summed E-state index contributed by atoms with van der Waals surface area (Å²) >= 11 is 0. The molecule has 0 unspecified atom stereocenters. The lowest BCUT2D eigenvalue weighted by Gasteiger charge is -2.10. The second kappa shape index (κ2) is 6.39. The first-order valence-electron chi connectivity index (χ1n) is 6.88. The number of nitrogens with zero attached hydrogens (tertiary/aromatic N) is 3. The van der Waals surface area contributed by atoms with Crippen molar-refractivity contribution in [3.8, 4) is 0 Å². The van der Waals surface area contributed by atoms with Crippen molar-refractivity contribution >= 4 is 11.7 Å². The third-order valence-corrected chi connectivity index (χ3v) is 3.11. The van der Waals surface area contributed by atoms with Crippen LogP contribution >= 0.6 is 0 Å². The number of carbonyl (C=O) groups excluding carboxylic acids is 1. The Morgan fingerprint density at radius 1 is 1.43 bits per heavy atom. The van der Waals surface area contributed by atoms with Gasteiger partial charge in [-0.25, -0.2) is 14.5 Å². The zero-order chi connectivity index (χ0) is 15.4. The number of nitrogens with two attached hydrogens (primary N) is 1. The molecule has 0 saturated heterocycles. The predicted molar refractivity (Wildman–Crippen MR) is 79.6 cm³/mol. The molecule has 0 radical (unpaired) electrons. The van der Waals surface area contributed by atoms with Gasteiger partial charge in [-0.1, -0.05) is 26.0 Å². The number of hydrogen-bond acceptors (Lipinski definition) is 5. The van der Waals surface area contributed by atoms with E-state index in [1.807, 2.05) is 13.0 Å². The van der Waals surface area contributed by atoms with Gasteiger partial charge in [0.05, 0.1) is 5.56 Å². The molecule has 0 atom stereocenters. The number of ether oxygens (including phenoxy) is 1. The molecule has 112 valence electrons. The highest BCUT2D eigenvalue weighted by Crippen LogP contribution is 2.17. The van der Waals surface area contributed by atoms with E-state index in [4.69, 9.17) is 10.5 Å². The lowest BCUT2D eigenvalue weighted by atomic mass is 10.1. The Balaban J connectivity index is 2.05. The molecule has 1 aromatic heterocycles. The normalized spacial score (nSPS) is 10.9. The molecule has 2 rings (SSSR count). The summed E-state index contributed by atoms with van der Waals surface area (Å²) in [7, 11) is 0. The molecule has 1 heterocycles. The Kier molecular flexibility index (Phi) is 4.57. The van der Waals surface area contributed by atoms with E-state index in [0.717, 1.165) is 12.1 Å².